The van der Waals surface area contributed by atoms with Gasteiger partial charge in [0.25, 0.3) is 0 Å². The van der Waals surface area contributed by atoms with Gasteiger partial charge in [0.1, 0.15) is 0 Å². The highest BCUT2D eigenvalue weighted by atomic mass is 35.5. The number of hydrogen-bond donors (Lipinski definition) is 1. The van der Waals surface area contributed by atoms with Gasteiger partial charge in [-0.1, -0.05) is 36.4 Å². The van der Waals surface area contributed by atoms with E-state index in [-0.39, 0.29) is 11.8 Å². The van der Waals surface area contributed by atoms with E-state index in [0.717, 1.165) is 23.7 Å². The number of rotatable bonds is 1. The molecule has 3 nitrogen and oxygen atoms in total. The molecule has 1 N–H and O–H groups in total. The third kappa shape index (κ3) is 2.15. The van der Waals surface area contributed by atoms with Crippen molar-refractivity contribution in [2.24, 2.45) is 4.99 Å². The van der Waals surface area contributed by atoms with Crippen LogP contribution in [0.1, 0.15) is 24.0 Å². The van der Waals surface area contributed by atoms with E-state index in [1.807, 2.05) is 18.2 Å². The fraction of sp³-hybridized carbons (Fsp3) is 0.385. The van der Waals surface area contributed by atoms with Crippen molar-refractivity contribution in [3.8, 4) is 0 Å². The van der Waals surface area contributed by atoms with E-state index >= 15 is 0 Å². The second-order valence-corrected chi connectivity index (χ2v) is 6.53. The van der Waals surface area contributed by atoms with Gasteiger partial charge in [0.15, 0.2) is 5.17 Å². The molecular formula is C13H13ClN2OS. The van der Waals surface area contributed by atoms with Crippen LogP contribution in [0.25, 0.3) is 0 Å². The zero-order valence-electron chi connectivity index (χ0n) is 9.94. The SMILES string of the molecule is CC1CN=C(NC(=O)C2Cc3ccc(Cl)cc32)S1. The maximum absolute atomic E-state index is 12.1. The fourth-order valence-electron chi connectivity index (χ4n) is 2.25. The molecule has 2 unspecified atom stereocenters. The molecule has 1 aromatic carbocycles. The first-order chi connectivity index (χ1) is 8.63. The molecule has 2 atom stereocenters. The van der Waals surface area contributed by atoms with E-state index < -0.39 is 0 Å². The first-order valence-electron chi connectivity index (χ1n) is 5.94. The van der Waals surface area contributed by atoms with Crippen LogP contribution in [0.15, 0.2) is 23.2 Å². The molecule has 0 saturated carbocycles. The van der Waals surface area contributed by atoms with Gasteiger partial charge >= 0.3 is 0 Å². The number of amidine groups is 1. The summed E-state index contributed by atoms with van der Waals surface area (Å²) in [6.07, 6.45) is 0.797. The predicted molar refractivity (Wildman–Crippen MR) is 75.4 cm³/mol. The van der Waals surface area contributed by atoms with Gasteiger partial charge in [-0.05, 0) is 29.7 Å². The van der Waals surface area contributed by atoms with Crippen molar-refractivity contribution in [1.29, 1.82) is 0 Å². The highest BCUT2D eigenvalue weighted by Gasteiger charge is 2.33. The molecule has 0 spiro atoms. The Bertz CT molecular complexity index is 544. The van der Waals surface area contributed by atoms with Crippen molar-refractivity contribution in [3.63, 3.8) is 0 Å². The summed E-state index contributed by atoms with van der Waals surface area (Å²) >= 11 is 7.57. The summed E-state index contributed by atoms with van der Waals surface area (Å²) < 4.78 is 0. The average molecular weight is 281 g/mol. The van der Waals surface area contributed by atoms with E-state index in [1.54, 1.807) is 11.8 Å². The molecule has 0 saturated heterocycles. The minimum absolute atomic E-state index is 0.0325. The van der Waals surface area contributed by atoms with Crippen LogP contribution in [-0.4, -0.2) is 22.9 Å². The summed E-state index contributed by atoms with van der Waals surface area (Å²) in [5.41, 5.74) is 2.27. The number of aliphatic imine (C=N–C) groups is 1. The van der Waals surface area contributed by atoms with Crippen molar-refractivity contribution in [1.82, 2.24) is 5.32 Å². The molecule has 0 radical (unpaired) electrons. The Morgan fingerprint density at radius 1 is 1.56 bits per heavy atom. The highest BCUT2D eigenvalue weighted by molar-refractivity contribution is 8.14. The number of amides is 1. The summed E-state index contributed by atoms with van der Waals surface area (Å²) in [6.45, 7) is 2.89. The van der Waals surface area contributed by atoms with Crippen LogP contribution in [-0.2, 0) is 11.2 Å². The second-order valence-electron chi connectivity index (χ2n) is 4.66. The van der Waals surface area contributed by atoms with Crippen LogP contribution in [0.4, 0.5) is 0 Å². The quantitative estimate of drug-likeness (QED) is 0.859. The number of hydrogen-bond acceptors (Lipinski definition) is 3. The van der Waals surface area contributed by atoms with Gasteiger partial charge in [0.2, 0.25) is 5.91 Å². The molecule has 1 aliphatic carbocycles. The van der Waals surface area contributed by atoms with Crippen molar-refractivity contribution in [3.05, 3.63) is 34.3 Å². The van der Waals surface area contributed by atoms with Crippen LogP contribution < -0.4 is 5.32 Å². The van der Waals surface area contributed by atoms with Gasteiger partial charge in [-0.3, -0.25) is 9.79 Å². The summed E-state index contributed by atoms with van der Waals surface area (Å²) in [6, 6.07) is 5.75. The minimum atomic E-state index is -0.0714. The second kappa shape index (κ2) is 4.59. The Hall–Kier alpha value is -1.000. The molecule has 3 rings (SSSR count). The lowest BCUT2D eigenvalue weighted by molar-refractivity contribution is -0.121. The molecule has 94 valence electrons. The molecule has 1 amide bonds. The minimum Gasteiger partial charge on any atom is -0.305 e. The standard InChI is InChI=1S/C13H13ClN2OS/c1-7-6-15-13(18-7)16-12(17)11-4-8-2-3-9(14)5-10(8)11/h2-3,5,7,11H,4,6H2,1H3,(H,15,16,17). The van der Waals surface area contributed by atoms with Gasteiger partial charge in [-0.25, -0.2) is 0 Å². The number of nitrogens with one attached hydrogen (secondary N) is 1. The molecule has 1 aliphatic heterocycles. The van der Waals surface area contributed by atoms with Crippen LogP contribution >= 0.6 is 23.4 Å². The Morgan fingerprint density at radius 2 is 2.39 bits per heavy atom. The number of carbonyl (C=O) groups excluding carboxylic acids is 1. The normalized spacial score (nSPS) is 25.1. The number of carbonyl (C=O) groups is 1. The highest BCUT2D eigenvalue weighted by Crippen LogP contribution is 2.37. The van der Waals surface area contributed by atoms with Gasteiger partial charge < -0.3 is 5.32 Å². The van der Waals surface area contributed by atoms with Crippen molar-refractivity contribution in [2.45, 2.75) is 24.5 Å². The summed E-state index contributed by atoms with van der Waals surface area (Å²) in [5, 5.41) is 4.80. The summed E-state index contributed by atoms with van der Waals surface area (Å²) in [5.74, 6) is -0.0389. The Morgan fingerprint density at radius 3 is 3.11 bits per heavy atom. The van der Waals surface area contributed by atoms with Gasteiger partial charge in [0.05, 0.1) is 12.5 Å². The zero-order chi connectivity index (χ0) is 12.7. The lowest BCUT2D eigenvalue weighted by Crippen LogP contribution is -2.37. The third-order valence-corrected chi connectivity index (χ3v) is 4.50. The van der Waals surface area contributed by atoms with Gasteiger partial charge in [0, 0.05) is 10.3 Å². The van der Waals surface area contributed by atoms with Gasteiger partial charge in [-0.2, -0.15) is 0 Å². The molecule has 5 heteroatoms. The molecule has 18 heavy (non-hydrogen) atoms. The molecule has 0 bridgehead atoms. The maximum atomic E-state index is 12.1. The number of fused-ring (bicyclic) bond motifs is 1. The van der Waals surface area contributed by atoms with Crippen molar-refractivity contribution >= 4 is 34.4 Å². The maximum Gasteiger partial charge on any atom is 0.233 e. The van der Waals surface area contributed by atoms with E-state index in [4.69, 9.17) is 11.6 Å². The molecule has 1 aromatic rings. The number of halogens is 1. The lowest BCUT2D eigenvalue weighted by Gasteiger charge is -2.29. The van der Waals surface area contributed by atoms with Crippen molar-refractivity contribution < 1.29 is 4.79 Å². The van der Waals surface area contributed by atoms with E-state index in [9.17, 15) is 4.79 Å². The smallest absolute Gasteiger partial charge is 0.233 e. The summed E-state index contributed by atoms with van der Waals surface area (Å²) in [7, 11) is 0. The average Bonchev–Trinajstić information content (AvgIpc) is 2.69. The van der Waals surface area contributed by atoms with Crippen LogP contribution in [0.2, 0.25) is 5.02 Å². The molecular weight excluding hydrogens is 268 g/mol. The van der Waals surface area contributed by atoms with Crippen LogP contribution in [0.3, 0.4) is 0 Å². The Kier molecular flexibility index (Phi) is 3.08. The predicted octanol–water partition coefficient (Wildman–Crippen LogP) is 2.59. The van der Waals surface area contributed by atoms with Crippen LogP contribution in [0.5, 0.6) is 0 Å². The molecule has 0 fully saturated rings. The zero-order valence-corrected chi connectivity index (χ0v) is 11.5. The fourth-order valence-corrected chi connectivity index (χ4v) is 3.27. The molecule has 0 aromatic heterocycles. The van der Waals surface area contributed by atoms with E-state index in [1.165, 1.54) is 5.56 Å². The topological polar surface area (TPSA) is 41.5 Å². The number of nitrogens with zero attached hydrogens (tertiary/aromatic N) is 1. The number of thioether (sulfide) groups is 1. The molecule has 2 aliphatic rings. The first kappa shape index (κ1) is 12.1. The van der Waals surface area contributed by atoms with Crippen LogP contribution in [0, 0.1) is 0 Å². The van der Waals surface area contributed by atoms with Gasteiger partial charge in [-0.15, -0.1) is 0 Å². The van der Waals surface area contributed by atoms with E-state index in [2.05, 4.69) is 17.2 Å². The van der Waals surface area contributed by atoms with E-state index in [0.29, 0.717) is 10.3 Å². The lowest BCUT2D eigenvalue weighted by atomic mass is 9.77. The van der Waals surface area contributed by atoms with Crippen molar-refractivity contribution in [2.75, 3.05) is 6.54 Å². The first-order valence-corrected chi connectivity index (χ1v) is 7.19. The summed E-state index contributed by atoms with van der Waals surface area (Å²) in [4.78, 5) is 16.4. The number of benzene rings is 1. The Labute approximate surface area is 115 Å². The Balaban J connectivity index is 1.69. The third-order valence-electron chi connectivity index (χ3n) is 3.26. The molecule has 1 heterocycles. The largest absolute Gasteiger partial charge is 0.305 e. The monoisotopic (exact) mass is 280 g/mol.